The van der Waals surface area contributed by atoms with Gasteiger partial charge in [-0.1, -0.05) is 25.3 Å². The van der Waals surface area contributed by atoms with Crippen molar-refractivity contribution in [3.05, 3.63) is 35.1 Å². The second kappa shape index (κ2) is 6.99. The molecule has 142 valence electrons. The highest BCUT2D eigenvalue weighted by molar-refractivity contribution is 5.96. The average molecular weight is 358 g/mol. The van der Waals surface area contributed by atoms with Gasteiger partial charge in [0.05, 0.1) is 18.0 Å². The molecule has 0 unspecified atom stereocenters. The molecule has 0 atom stereocenters. The number of allylic oxidation sites excluding steroid dienone is 1. The van der Waals surface area contributed by atoms with Gasteiger partial charge < -0.3 is 9.80 Å². The van der Waals surface area contributed by atoms with E-state index in [0.29, 0.717) is 12.8 Å². The van der Waals surface area contributed by atoms with Crippen LogP contribution < -0.4 is 0 Å². The summed E-state index contributed by atoms with van der Waals surface area (Å²) in [5, 5.41) is 1.88. The molecule has 0 N–H and O–H groups in total. The maximum Gasteiger partial charge on any atom is 0.276 e. The van der Waals surface area contributed by atoms with Crippen LogP contribution in [0.15, 0.2) is 35.1 Å². The molecule has 0 spiro atoms. The first-order valence-corrected chi connectivity index (χ1v) is 10.0. The van der Waals surface area contributed by atoms with Gasteiger partial charge in [0, 0.05) is 19.6 Å². The second-order valence-corrected chi connectivity index (χ2v) is 7.68. The first-order chi connectivity index (χ1) is 12.6. The smallest absolute Gasteiger partial charge is 0.276 e. The lowest BCUT2D eigenvalue weighted by Gasteiger charge is -2.44. The van der Waals surface area contributed by atoms with Gasteiger partial charge >= 0.3 is 0 Å². The van der Waals surface area contributed by atoms with E-state index < -0.39 is 0 Å². The van der Waals surface area contributed by atoms with Crippen LogP contribution in [0.5, 0.6) is 0 Å². The second-order valence-electron chi connectivity index (χ2n) is 7.68. The van der Waals surface area contributed by atoms with Crippen molar-refractivity contribution in [3.8, 4) is 0 Å². The van der Waals surface area contributed by atoms with E-state index in [9.17, 15) is 4.79 Å². The zero-order valence-electron chi connectivity index (χ0n) is 16.2. The fourth-order valence-electron chi connectivity index (χ4n) is 4.41. The maximum atomic E-state index is 13.2. The van der Waals surface area contributed by atoms with Gasteiger partial charge in [0.15, 0.2) is 0 Å². The molecule has 4 rings (SSSR count). The van der Waals surface area contributed by atoms with Crippen LogP contribution in [0.4, 0.5) is 0 Å². The largest absolute Gasteiger partial charge is 0.352 e. The topological polar surface area (TPSA) is 39.3 Å². The van der Waals surface area contributed by atoms with Crippen LogP contribution in [0.1, 0.15) is 52.9 Å². The zero-order chi connectivity index (χ0) is 18.3. The SMILES string of the molecule is CCCN1C(=O)C2=CN(OC3CCCC3)CN2C2=C1C=C(C)CN2CC. The summed E-state index contributed by atoms with van der Waals surface area (Å²) in [5.74, 6) is 1.24. The van der Waals surface area contributed by atoms with Crippen LogP contribution in [-0.4, -0.2) is 58.1 Å². The minimum absolute atomic E-state index is 0.0881. The lowest BCUT2D eigenvalue weighted by molar-refractivity contribution is -0.168. The van der Waals surface area contributed by atoms with Crippen molar-refractivity contribution in [1.29, 1.82) is 0 Å². The molecule has 26 heavy (non-hydrogen) atoms. The minimum Gasteiger partial charge on any atom is -0.352 e. The number of fused-ring (bicyclic) bond motifs is 2. The highest BCUT2D eigenvalue weighted by atomic mass is 16.7. The van der Waals surface area contributed by atoms with Gasteiger partial charge in [0.2, 0.25) is 0 Å². The Hall–Kier alpha value is -1.95. The Morgan fingerprint density at radius 3 is 2.69 bits per heavy atom. The van der Waals surface area contributed by atoms with Crippen molar-refractivity contribution in [2.24, 2.45) is 0 Å². The van der Waals surface area contributed by atoms with E-state index in [1.807, 2.05) is 16.2 Å². The molecule has 3 heterocycles. The van der Waals surface area contributed by atoms with Crippen molar-refractivity contribution >= 4 is 5.91 Å². The van der Waals surface area contributed by atoms with Crippen molar-refractivity contribution in [1.82, 2.24) is 19.8 Å². The lowest BCUT2D eigenvalue weighted by atomic mass is 10.1. The quantitative estimate of drug-likeness (QED) is 0.755. The summed E-state index contributed by atoms with van der Waals surface area (Å²) in [6.07, 6.45) is 10.0. The number of carbonyl (C=O) groups is 1. The summed E-state index contributed by atoms with van der Waals surface area (Å²) >= 11 is 0. The zero-order valence-corrected chi connectivity index (χ0v) is 16.2. The number of carbonyl (C=O) groups excluding carboxylic acids is 1. The number of hydrogen-bond donors (Lipinski definition) is 0. The number of likely N-dealkylation sites (N-methyl/N-ethyl adjacent to an activating group) is 1. The number of rotatable bonds is 5. The molecule has 0 radical (unpaired) electrons. The molecule has 1 fully saturated rings. The third-order valence-electron chi connectivity index (χ3n) is 5.62. The number of amides is 1. The summed E-state index contributed by atoms with van der Waals surface area (Å²) < 4.78 is 0. The van der Waals surface area contributed by atoms with Crippen molar-refractivity contribution in [2.75, 3.05) is 26.3 Å². The minimum atomic E-state index is 0.0881. The molecular weight excluding hydrogens is 328 g/mol. The van der Waals surface area contributed by atoms with Gasteiger partial charge in [-0.05, 0) is 39.2 Å². The van der Waals surface area contributed by atoms with Gasteiger partial charge in [-0.15, -0.1) is 0 Å². The number of hydrogen-bond acceptors (Lipinski definition) is 5. The van der Waals surface area contributed by atoms with E-state index in [4.69, 9.17) is 4.84 Å². The van der Waals surface area contributed by atoms with Crippen molar-refractivity contribution in [3.63, 3.8) is 0 Å². The van der Waals surface area contributed by atoms with E-state index in [2.05, 4.69) is 36.6 Å². The number of nitrogens with zero attached hydrogens (tertiary/aromatic N) is 4. The highest BCUT2D eigenvalue weighted by Crippen LogP contribution is 2.38. The van der Waals surface area contributed by atoms with E-state index in [-0.39, 0.29) is 5.91 Å². The Labute approximate surface area is 156 Å². The lowest BCUT2D eigenvalue weighted by Crippen LogP contribution is -2.50. The molecule has 1 aliphatic carbocycles. The van der Waals surface area contributed by atoms with Gasteiger partial charge in [0.25, 0.3) is 5.91 Å². The van der Waals surface area contributed by atoms with E-state index >= 15 is 0 Å². The molecule has 6 heteroatoms. The first-order valence-electron chi connectivity index (χ1n) is 10.0. The fraction of sp³-hybridized carbons (Fsp3) is 0.650. The monoisotopic (exact) mass is 358 g/mol. The molecule has 1 amide bonds. The first kappa shape index (κ1) is 17.5. The fourth-order valence-corrected chi connectivity index (χ4v) is 4.41. The van der Waals surface area contributed by atoms with E-state index in [1.54, 1.807) is 0 Å². The van der Waals surface area contributed by atoms with Gasteiger partial charge in [-0.3, -0.25) is 14.5 Å². The van der Waals surface area contributed by atoms with Crippen LogP contribution in [0.25, 0.3) is 0 Å². The molecule has 1 saturated carbocycles. The molecule has 0 aromatic carbocycles. The molecule has 0 saturated heterocycles. The predicted molar refractivity (Wildman–Crippen MR) is 100 cm³/mol. The van der Waals surface area contributed by atoms with Gasteiger partial charge in [0.1, 0.15) is 18.2 Å². The van der Waals surface area contributed by atoms with Crippen LogP contribution in [-0.2, 0) is 9.63 Å². The van der Waals surface area contributed by atoms with E-state index in [0.717, 1.165) is 56.1 Å². The molecule has 4 aliphatic rings. The summed E-state index contributed by atoms with van der Waals surface area (Å²) in [6, 6.07) is 0. The highest BCUT2D eigenvalue weighted by Gasteiger charge is 2.42. The van der Waals surface area contributed by atoms with Gasteiger partial charge in [-0.2, -0.15) is 0 Å². The normalized spacial score (nSPS) is 23.6. The third-order valence-corrected chi connectivity index (χ3v) is 5.62. The van der Waals surface area contributed by atoms with Gasteiger partial charge in [-0.25, -0.2) is 5.06 Å². The maximum absolute atomic E-state index is 13.2. The Morgan fingerprint density at radius 2 is 2.00 bits per heavy atom. The molecule has 0 aromatic rings. The van der Waals surface area contributed by atoms with Crippen molar-refractivity contribution in [2.45, 2.75) is 59.0 Å². The molecule has 0 aromatic heterocycles. The third kappa shape index (κ3) is 2.90. The molecular formula is C20H30N4O2. The standard InChI is InChI=1S/C20H30N4O2/c1-4-10-23-17-11-15(3)12-21(5-2)19(17)24-14-22(13-18(24)20(23)25)26-16-8-6-7-9-16/h11,13,16H,4-10,12,14H2,1-3H3. The molecule has 3 aliphatic heterocycles. The molecule has 0 bridgehead atoms. The van der Waals surface area contributed by atoms with Crippen LogP contribution in [0.2, 0.25) is 0 Å². The Bertz CT molecular complexity index is 675. The predicted octanol–water partition coefficient (Wildman–Crippen LogP) is 2.98. The molecule has 6 nitrogen and oxygen atoms in total. The van der Waals surface area contributed by atoms with Crippen LogP contribution in [0.3, 0.4) is 0 Å². The van der Waals surface area contributed by atoms with E-state index in [1.165, 1.54) is 18.4 Å². The Balaban J connectivity index is 1.68. The van der Waals surface area contributed by atoms with Crippen LogP contribution in [0, 0.1) is 0 Å². The summed E-state index contributed by atoms with van der Waals surface area (Å²) in [7, 11) is 0. The summed E-state index contributed by atoms with van der Waals surface area (Å²) in [4.78, 5) is 25.8. The number of hydroxylamine groups is 2. The van der Waals surface area contributed by atoms with Crippen molar-refractivity contribution < 1.29 is 9.63 Å². The Morgan fingerprint density at radius 1 is 1.23 bits per heavy atom. The Kier molecular flexibility index (Phi) is 4.69. The average Bonchev–Trinajstić information content (AvgIpc) is 3.28. The van der Waals surface area contributed by atoms with Crippen LogP contribution >= 0.6 is 0 Å². The summed E-state index contributed by atoms with van der Waals surface area (Å²) in [6.45, 7) is 9.62. The summed E-state index contributed by atoms with van der Waals surface area (Å²) in [5.41, 5.74) is 3.08.